The summed E-state index contributed by atoms with van der Waals surface area (Å²) in [5.74, 6) is 0. The van der Waals surface area contributed by atoms with Crippen LogP contribution in [0.2, 0.25) is 0 Å². The molecule has 2 aromatic rings. The largest absolute Gasteiger partial charge is 0.484 e. The molecule has 0 unspecified atom stereocenters. The van der Waals surface area contributed by atoms with Gasteiger partial charge in [0.1, 0.15) is 0 Å². The van der Waals surface area contributed by atoms with Gasteiger partial charge in [0.2, 0.25) is 0 Å². The molecule has 0 atom stereocenters. The summed E-state index contributed by atoms with van der Waals surface area (Å²) in [6.45, 7) is 16.7. The predicted octanol–water partition coefficient (Wildman–Crippen LogP) is 6.64. The first kappa shape index (κ1) is 29.5. The fourth-order valence-corrected chi connectivity index (χ4v) is 4.69. The molecule has 2 aromatic carbocycles. The first-order valence-corrected chi connectivity index (χ1v) is 13.8. The normalized spacial score (nSPS) is 11.9. The SMILES string of the molecule is CC(C)(CCc1ccccc1)OC(C)(C)CCc1ccccc1.CCO[SiH](OCC)OCC. The van der Waals surface area contributed by atoms with Crippen molar-refractivity contribution in [2.75, 3.05) is 19.8 Å². The van der Waals surface area contributed by atoms with Crippen LogP contribution in [0.4, 0.5) is 0 Å². The highest BCUT2D eigenvalue weighted by atomic mass is 28.3. The Bertz CT molecular complexity index is 651. The van der Waals surface area contributed by atoms with Crippen LogP contribution < -0.4 is 0 Å². The zero-order valence-electron chi connectivity index (χ0n) is 21.9. The number of hydrogen-bond acceptors (Lipinski definition) is 4. The van der Waals surface area contributed by atoms with Crippen LogP contribution in [0.3, 0.4) is 0 Å². The van der Waals surface area contributed by atoms with E-state index < -0.39 is 9.53 Å². The second kappa shape index (κ2) is 16.2. The van der Waals surface area contributed by atoms with Crippen molar-refractivity contribution < 1.29 is 18.0 Å². The summed E-state index contributed by atoms with van der Waals surface area (Å²) in [4.78, 5) is 0. The molecule has 0 aromatic heterocycles. The number of benzene rings is 2. The molecule has 0 saturated carbocycles. The van der Waals surface area contributed by atoms with E-state index in [0.717, 1.165) is 25.7 Å². The number of hydrogen-bond donors (Lipinski definition) is 0. The van der Waals surface area contributed by atoms with Crippen molar-refractivity contribution in [3.8, 4) is 0 Å². The Hall–Kier alpha value is -1.50. The van der Waals surface area contributed by atoms with E-state index in [2.05, 4.69) is 88.4 Å². The van der Waals surface area contributed by atoms with Gasteiger partial charge in [-0.1, -0.05) is 60.7 Å². The molecule has 186 valence electrons. The Morgan fingerprint density at radius 2 is 0.909 bits per heavy atom. The van der Waals surface area contributed by atoms with Crippen molar-refractivity contribution in [2.45, 2.75) is 85.4 Å². The molecule has 5 heteroatoms. The van der Waals surface area contributed by atoms with E-state index in [1.165, 1.54) is 11.1 Å². The van der Waals surface area contributed by atoms with Crippen molar-refractivity contribution in [1.29, 1.82) is 0 Å². The minimum absolute atomic E-state index is 0.115. The highest BCUT2D eigenvalue weighted by molar-refractivity contribution is 6.36. The smallest absolute Gasteiger partial charge is 0.376 e. The molecule has 0 spiro atoms. The molecule has 0 amide bonds. The second-order valence-corrected chi connectivity index (χ2v) is 10.8. The Kier molecular flexibility index (Phi) is 14.5. The van der Waals surface area contributed by atoms with Gasteiger partial charge in [-0.05, 0) is 85.3 Å². The maximum absolute atomic E-state index is 6.47. The average molecular weight is 475 g/mol. The zero-order valence-corrected chi connectivity index (χ0v) is 23.1. The van der Waals surface area contributed by atoms with Crippen molar-refractivity contribution >= 4 is 9.53 Å². The van der Waals surface area contributed by atoms with Gasteiger partial charge in [0.15, 0.2) is 0 Å². The van der Waals surface area contributed by atoms with Crippen molar-refractivity contribution in [2.24, 2.45) is 0 Å². The van der Waals surface area contributed by atoms with E-state index in [9.17, 15) is 0 Å². The minimum atomic E-state index is -1.73. The van der Waals surface area contributed by atoms with Crippen molar-refractivity contribution in [1.82, 2.24) is 0 Å². The molecule has 33 heavy (non-hydrogen) atoms. The van der Waals surface area contributed by atoms with Crippen LogP contribution >= 0.6 is 0 Å². The quantitative estimate of drug-likeness (QED) is 0.288. The lowest BCUT2D eigenvalue weighted by Gasteiger charge is -2.36. The highest BCUT2D eigenvalue weighted by Crippen LogP contribution is 2.28. The third-order valence-corrected chi connectivity index (χ3v) is 6.99. The summed E-state index contributed by atoms with van der Waals surface area (Å²) in [5.41, 5.74) is 2.53. The van der Waals surface area contributed by atoms with Gasteiger partial charge in [-0.2, -0.15) is 0 Å². The third-order valence-electron chi connectivity index (χ3n) is 5.18. The summed E-state index contributed by atoms with van der Waals surface area (Å²) in [6.07, 6.45) is 4.18. The molecule has 0 N–H and O–H groups in total. The lowest BCUT2D eigenvalue weighted by molar-refractivity contribution is -0.128. The fourth-order valence-electron chi connectivity index (χ4n) is 3.58. The topological polar surface area (TPSA) is 36.9 Å². The van der Waals surface area contributed by atoms with Gasteiger partial charge in [-0.25, -0.2) is 0 Å². The van der Waals surface area contributed by atoms with E-state index in [1.54, 1.807) is 0 Å². The maximum Gasteiger partial charge on any atom is 0.484 e. The summed E-state index contributed by atoms with van der Waals surface area (Å²) in [5, 5.41) is 0. The molecule has 0 saturated heterocycles. The lowest BCUT2D eigenvalue weighted by Crippen LogP contribution is -2.37. The first-order valence-electron chi connectivity index (χ1n) is 12.3. The Labute approximate surface area is 204 Å². The van der Waals surface area contributed by atoms with Gasteiger partial charge in [0.25, 0.3) is 0 Å². The average Bonchev–Trinajstić information content (AvgIpc) is 2.78. The zero-order chi connectivity index (χ0) is 24.6. The molecule has 0 aliphatic rings. The number of aryl methyl sites for hydroxylation is 2. The molecule has 0 bridgehead atoms. The lowest BCUT2D eigenvalue weighted by atomic mass is 9.94. The van der Waals surface area contributed by atoms with E-state index in [4.69, 9.17) is 18.0 Å². The minimum Gasteiger partial charge on any atom is -0.376 e. The standard InChI is InChI=1S/C22H30O.C6H16O3Si/c1-21(2,17-15-19-11-7-5-8-12-19)23-22(3,4)18-16-20-13-9-6-10-14-20;1-4-7-10(8-5-2)9-6-3/h5-14H,15-18H2,1-4H3;10H,4-6H2,1-3H3. The molecular weight excluding hydrogens is 428 g/mol. The first-order chi connectivity index (χ1) is 15.7. The van der Waals surface area contributed by atoms with Crippen LogP contribution in [-0.4, -0.2) is 40.6 Å². The van der Waals surface area contributed by atoms with Gasteiger partial charge in [0.05, 0.1) is 11.2 Å². The molecule has 4 nitrogen and oxygen atoms in total. The van der Waals surface area contributed by atoms with Crippen molar-refractivity contribution in [3.05, 3.63) is 71.8 Å². The molecule has 0 aliphatic carbocycles. The van der Waals surface area contributed by atoms with E-state index in [-0.39, 0.29) is 11.2 Å². The van der Waals surface area contributed by atoms with Crippen molar-refractivity contribution in [3.63, 3.8) is 0 Å². The van der Waals surface area contributed by atoms with Crippen LogP contribution in [0, 0.1) is 0 Å². The van der Waals surface area contributed by atoms with Gasteiger partial charge in [0, 0.05) is 19.8 Å². The van der Waals surface area contributed by atoms with Crippen LogP contribution in [0.15, 0.2) is 60.7 Å². The highest BCUT2D eigenvalue weighted by Gasteiger charge is 2.28. The molecule has 0 heterocycles. The van der Waals surface area contributed by atoms with Gasteiger partial charge in [-0.3, -0.25) is 0 Å². The summed E-state index contributed by atoms with van der Waals surface area (Å²) in [6, 6.07) is 21.3. The summed E-state index contributed by atoms with van der Waals surface area (Å²) < 4.78 is 22.1. The molecular formula is C28H46O4Si. The molecule has 0 radical (unpaired) electrons. The van der Waals surface area contributed by atoms with Gasteiger partial charge >= 0.3 is 9.53 Å². The maximum atomic E-state index is 6.47. The van der Waals surface area contributed by atoms with Crippen LogP contribution in [0.5, 0.6) is 0 Å². The molecule has 2 rings (SSSR count). The van der Waals surface area contributed by atoms with Gasteiger partial charge < -0.3 is 18.0 Å². The number of rotatable bonds is 14. The predicted molar refractivity (Wildman–Crippen MR) is 141 cm³/mol. The Balaban J connectivity index is 0.000000461. The fraction of sp³-hybridized carbons (Fsp3) is 0.571. The summed E-state index contributed by atoms with van der Waals surface area (Å²) >= 11 is 0. The molecule has 0 fully saturated rings. The van der Waals surface area contributed by atoms with Gasteiger partial charge in [-0.15, -0.1) is 0 Å². The van der Waals surface area contributed by atoms with Crippen LogP contribution in [0.25, 0.3) is 0 Å². The molecule has 0 aliphatic heterocycles. The third kappa shape index (κ3) is 14.4. The number of ether oxygens (including phenoxy) is 1. The second-order valence-electron chi connectivity index (χ2n) is 9.25. The Morgan fingerprint density at radius 3 is 1.21 bits per heavy atom. The summed E-state index contributed by atoms with van der Waals surface area (Å²) in [7, 11) is -1.73. The van der Waals surface area contributed by atoms with E-state index in [1.807, 2.05) is 20.8 Å². The van der Waals surface area contributed by atoms with Crippen LogP contribution in [-0.2, 0) is 30.9 Å². The monoisotopic (exact) mass is 474 g/mol. The van der Waals surface area contributed by atoms with Crippen LogP contribution in [0.1, 0.15) is 72.4 Å². The van der Waals surface area contributed by atoms with E-state index >= 15 is 0 Å². The van der Waals surface area contributed by atoms with E-state index in [0.29, 0.717) is 19.8 Å². The Morgan fingerprint density at radius 1 is 0.576 bits per heavy atom.